The molecule has 1 unspecified atom stereocenters. The standard InChI is InChI=1S/C17H17F3O/c1-17(2,12-3-5-13(18)6-4-12)16(21)9-11-7-14(19)10-15(20)8-11/h3-8,10,16,21H,9H2,1-2H3. The third-order valence-corrected chi connectivity index (χ3v) is 3.77. The van der Waals surface area contributed by atoms with Crippen LogP contribution in [0.1, 0.15) is 25.0 Å². The fraction of sp³-hybridized carbons (Fsp3) is 0.294. The first kappa shape index (κ1) is 15.6. The van der Waals surface area contributed by atoms with Gasteiger partial charge < -0.3 is 5.11 Å². The van der Waals surface area contributed by atoms with Crippen LogP contribution in [-0.2, 0) is 11.8 Å². The molecule has 0 aliphatic carbocycles. The molecule has 1 nitrogen and oxygen atoms in total. The SMILES string of the molecule is CC(C)(c1ccc(F)cc1)C(O)Cc1cc(F)cc(F)c1. The van der Waals surface area contributed by atoms with E-state index in [0.717, 1.165) is 11.6 Å². The summed E-state index contributed by atoms with van der Waals surface area (Å²) in [5, 5.41) is 10.4. The summed E-state index contributed by atoms with van der Waals surface area (Å²) in [5.74, 6) is -1.69. The summed E-state index contributed by atoms with van der Waals surface area (Å²) >= 11 is 0. The summed E-state index contributed by atoms with van der Waals surface area (Å²) < 4.78 is 39.3. The van der Waals surface area contributed by atoms with Crippen LogP contribution in [0.4, 0.5) is 13.2 Å². The van der Waals surface area contributed by atoms with Crippen LogP contribution in [0.2, 0.25) is 0 Å². The van der Waals surface area contributed by atoms with Crippen molar-refractivity contribution in [3.8, 4) is 0 Å². The molecular formula is C17H17F3O. The number of hydrogen-bond acceptors (Lipinski definition) is 1. The van der Waals surface area contributed by atoms with Crippen molar-refractivity contribution in [1.82, 2.24) is 0 Å². The number of hydrogen-bond donors (Lipinski definition) is 1. The Hall–Kier alpha value is -1.81. The second-order valence-electron chi connectivity index (χ2n) is 5.73. The molecule has 0 aliphatic rings. The smallest absolute Gasteiger partial charge is 0.126 e. The van der Waals surface area contributed by atoms with Gasteiger partial charge >= 0.3 is 0 Å². The highest BCUT2D eigenvalue weighted by Crippen LogP contribution is 2.29. The van der Waals surface area contributed by atoms with E-state index >= 15 is 0 Å². The zero-order valence-electron chi connectivity index (χ0n) is 11.9. The molecule has 2 aromatic carbocycles. The quantitative estimate of drug-likeness (QED) is 0.904. The van der Waals surface area contributed by atoms with Gasteiger partial charge in [0.1, 0.15) is 17.5 Å². The minimum atomic E-state index is -0.857. The fourth-order valence-electron chi connectivity index (χ4n) is 2.28. The van der Waals surface area contributed by atoms with Crippen LogP contribution in [0.25, 0.3) is 0 Å². The normalized spacial score (nSPS) is 13.2. The predicted octanol–water partition coefficient (Wildman–Crippen LogP) is 3.99. The summed E-state index contributed by atoms with van der Waals surface area (Å²) in [6, 6.07) is 9.05. The van der Waals surface area contributed by atoms with Crippen LogP contribution >= 0.6 is 0 Å². The van der Waals surface area contributed by atoms with Gasteiger partial charge in [-0.05, 0) is 41.8 Å². The van der Waals surface area contributed by atoms with E-state index in [-0.39, 0.29) is 12.2 Å². The Morgan fingerprint density at radius 1 is 0.905 bits per heavy atom. The van der Waals surface area contributed by atoms with E-state index < -0.39 is 23.2 Å². The molecule has 112 valence electrons. The van der Waals surface area contributed by atoms with E-state index in [1.54, 1.807) is 26.0 Å². The molecule has 0 amide bonds. The van der Waals surface area contributed by atoms with Crippen LogP contribution in [0.5, 0.6) is 0 Å². The van der Waals surface area contributed by atoms with Crippen LogP contribution < -0.4 is 0 Å². The highest BCUT2D eigenvalue weighted by Gasteiger charge is 2.30. The zero-order chi connectivity index (χ0) is 15.6. The Bertz CT molecular complexity index is 600. The van der Waals surface area contributed by atoms with Crippen molar-refractivity contribution in [3.63, 3.8) is 0 Å². The minimum absolute atomic E-state index is 0.110. The Balaban J connectivity index is 2.21. The maximum atomic E-state index is 13.2. The first-order valence-electron chi connectivity index (χ1n) is 6.68. The number of benzene rings is 2. The first-order chi connectivity index (χ1) is 9.79. The lowest BCUT2D eigenvalue weighted by molar-refractivity contribution is 0.0998. The summed E-state index contributed by atoms with van der Waals surface area (Å²) in [6.45, 7) is 3.61. The highest BCUT2D eigenvalue weighted by atomic mass is 19.1. The van der Waals surface area contributed by atoms with Gasteiger partial charge in [0, 0.05) is 11.5 Å². The summed E-state index contributed by atoms with van der Waals surface area (Å²) in [5.41, 5.74) is 0.472. The van der Waals surface area contributed by atoms with Gasteiger partial charge in [0.15, 0.2) is 0 Å². The van der Waals surface area contributed by atoms with Crippen LogP contribution in [-0.4, -0.2) is 11.2 Å². The summed E-state index contributed by atoms with van der Waals surface area (Å²) in [4.78, 5) is 0. The number of aliphatic hydroxyl groups excluding tert-OH is 1. The molecule has 2 aromatic rings. The van der Waals surface area contributed by atoms with E-state index in [0.29, 0.717) is 5.56 Å². The number of rotatable bonds is 4. The molecule has 0 saturated carbocycles. The molecule has 0 fully saturated rings. The van der Waals surface area contributed by atoms with E-state index in [4.69, 9.17) is 0 Å². The molecule has 2 rings (SSSR count). The van der Waals surface area contributed by atoms with E-state index in [1.807, 2.05) is 0 Å². The monoisotopic (exact) mass is 294 g/mol. The van der Waals surface area contributed by atoms with E-state index in [9.17, 15) is 18.3 Å². The average Bonchev–Trinajstić information content (AvgIpc) is 2.37. The van der Waals surface area contributed by atoms with Gasteiger partial charge in [-0.2, -0.15) is 0 Å². The summed E-state index contributed by atoms with van der Waals surface area (Å²) in [6.07, 6.45) is -0.747. The lowest BCUT2D eigenvalue weighted by atomic mass is 9.77. The molecule has 1 atom stereocenters. The molecule has 21 heavy (non-hydrogen) atoms. The van der Waals surface area contributed by atoms with Gasteiger partial charge in [-0.3, -0.25) is 0 Å². The Kier molecular flexibility index (Phi) is 4.37. The van der Waals surface area contributed by atoms with Crippen molar-refractivity contribution in [2.75, 3.05) is 0 Å². The predicted molar refractivity (Wildman–Crippen MR) is 75.5 cm³/mol. The van der Waals surface area contributed by atoms with Gasteiger partial charge in [-0.15, -0.1) is 0 Å². The van der Waals surface area contributed by atoms with Crippen LogP contribution in [0, 0.1) is 17.5 Å². The fourth-order valence-corrected chi connectivity index (χ4v) is 2.28. The van der Waals surface area contributed by atoms with Crippen molar-refractivity contribution in [2.45, 2.75) is 31.8 Å². The van der Waals surface area contributed by atoms with Gasteiger partial charge in [0.05, 0.1) is 6.10 Å². The van der Waals surface area contributed by atoms with Crippen molar-refractivity contribution in [1.29, 1.82) is 0 Å². The topological polar surface area (TPSA) is 20.2 Å². The lowest BCUT2D eigenvalue weighted by Gasteiger charge is -2.31. The maximum Gasteiger partial charge on any atom is 0.126 e. The maximum absolute atomic E-state index is 13.2. The largest absolute Gasteiger partial charge is 0.392 e. The molecule has 0 spiro atoms. The molecular weight excluding hydrogens is 277 g/mol. The van der Waals surface area contributed by atoms with Crippen molar-refractivity contribution >= 4 is 0 Å². The van der Waals surface area contributed by atoms with E-state index in [2.05, 4.69) is 0 Å². The zero-order valence-corrected chi connectivity index (χ0v) is 11.9. The Labute approximate surface area is 122 Å². The van der Waals surface area contributed by atoms with Crippen molar-refractivity contribution in [2.24, 2.45) is 0 Å². The Morgan fingerprint density at radius 2 is 1.43 bits per heavy atom. The lowest BCUT2D eigenvalue weighted by Crippen LogP contribution is -2.35. The molecule has 0 heterocycles. The van der Waals surface area contributed by atoms with Crippen molar-refractivity contribution in [3.05, 3.63) is 71.0 Å². The van der Waals surface area contributed by atoms with Crippen molar-refractivity contribution < 1.29 is 18.3 Å². The molecule has 4 heteroatoms. The molecule has 0 bridgehead atoms. The average molecular weight is 294 g/mol. The van der Waals surface area contributed by atoms with E-state index in [1.165, 1.54) is 24.3 Å². The summed E-state index contributed by atoms with van der Waals surface area (Å²) in [7, 11) is 0. The molecule has 0 aliphatic heterocycles. The number of halogens is 3. The first-order valence-corrected chi connectivity index (χ1v) is 6.68. The van der Waals surface area contributed by atoms with Gasteiger partial charge in [-0.1, -0.05) is 26.0 Å². The second-order valence-corrected chi connectivity index (χ2v) is 5.73. The highest BCUT2D eigenvalue weighted by molar-refractivity contribution is 5.27. The third kappa shape index (κ3) is 3.64. The Morgan fingerprint density at radius 3 is 1.95 bits per heavy atom. The van der Waals surface area contributed by atoms with Gasteiger partial charge in [0.2, 0.25) is 0 Å². The minimum Gasteiger partial charge on any atom is -0.392 e. The molecule has 0 saturated heterocycles. The third-order valence-electron chi connectivity index (χ3n) is 3.77. The molecule has 0 aromatic heterocycles. The molecule has 1 N–H and O–H groups in total. The van der Waals surface area contributed by atoms with Crippen LogP contribution in [0.15, 0.2) is 42.5 Å². The van der Waals surface area contributed by atoms with Crippen LogP contribution in [0.3, 0.4) is 0 Å². The van der Waals surface area contributed by atoms with Gasteiger partial charge in [0.25, 0.3) is 0 Å². The second kappa shape index (κ2) is 5.90. The number of aliphatic hydroxyl groups is 1. The molecule has 0 radical (unpaired) electrons. The van der Waals surface area contributed by atoms with Gasteiger partial charge in [-0.25, -0.2) is 13.2 Å².